The Bertz CT molecular complexity index is 355. The minimum atomic E-state index is 0.419. The maximum atomic E-state index is 7.50. The highest BCUT2D eigenvalue weighted by Crippen LogP contribution is 2.13. The summed E-state index contributed by atoms with van der Waals surface area (Å²) in [5, 5.41) is 0. The molecule has 0 aromatic carbocycles. The first-order chi connectivity index (χ1) is 5.27. The summed E-state index contributed by atoms with van der Waals surface area (Å²) in [5.74, 6) is 0. The number of fused-ring (bicyclic) bond motifs is 1. The number of aryl methyl sites for hydroxylation is 1. The van der Waals surface area contributed by atoms with E-state index >= 15 is 0 Å². The molecule has 2 aliphatic rings. The lowest BCUT2D eigenvalue weighted by molar-refractivity contribution is 0.901. The number of rotatable bonds is 0. The third kappa shape index (κ3) is 0.673. The molecule has 2 rings (SSSR count). The van der Waals surface area contributed by atoms with Crippen molar-refractivity contribution in [3.8, 4) is 11.4 Å². The van der Waals surface area contributed by atoms with Crippen molar-refractivity contribution < 1.29 is 1.37 Å². The molecule has 0 amide bonds. The van der Waals surface area contributed by atoms with Crippen LogP contribution in [0.4, 0.5) is 0 Å². The highest BCUT2D eigenvalue weighted by molar-refractivity contribution is 5.53. The molecule has 0 bridgehead atoms. The molecule has 2 heterocycles. The van der Waals surface area contributed by atoms with Gasteiger partial charge < -0.3 is 4.57 Å². The van der Waals surface area contributed by atoms with E-state index in [1.807, 2.05) is 13.2 Å². The normalized spacial score (nSPS) is 11.9. The molecule has 3 nitrogen and oxygen atoms in total. The standard InChI is InChI=1S/C7H7N3/c1-10-3-2-6-7(4-10)9-5-8-6/h2-5H,1H3/i2D. The van der Waals surface area contributed by atoms with Gasteiger partial charge in [-0.1, -0.05) is 0 Å². The fourth-order valence-corrected chi connectivity index (χ4v) is 0.875. The van der Waals surface area contributed by atoms with Gasteiger partial charge in [0.15, 0.2) is 0 Å². The van der Waals surface area contributed by atoms with Crippen molar-refractivity contribution in [3.05, 3.63) is 24.8 Å². The summed E-state index contributed by atoms with van der Waals surface area (Å²) in [5.41, 5.74) is 1.45. The minimum absolute atomic E-state index is 0.419. The van der Waals surface area contributed by atoms with E-state index in [0.29, 0.717) is 11.7 Å². The molecule has 3 heteroatoms. The Morgan fingerprint density at radius 1 is 1.50 bits per heavy atom. The Morgan fingerprint density at radius 3 is 3.20 bits per heavy atom. The van der Waals surface area contributed by atoms with Crippen LogP contribution in [0.1, 0.15) is 1.37 Å². The number of nitrogens with zero attached hydrogens (tertiary/aromatic N) is 3. The predicted molar refractivity (Wildman–Crippen MR) is 37.6 cm³/mol. The predicted octanol–water partition coefficient (Wildman–Crippen LogP) is 0.920. The molecule has 0 unspecified atom stereocenters. The van der Waals surface area contributed by atoms with Gasteiger partial charge in [0.2, 0.25) is 0 Å². The Balaban J connectivity index is 2.79. The van der Waals surface area contributed by atoms with Crippen LogP contribution in [0.2, 0.25) is 0 Å². The molecule has 0 radical (unpaired) electrons. The van der Waals surface area contributed by atoms with Crippen molar-refractivity contribution in [1.29, 1.82) is 0 Å². The zero-order valence-electron chi connectivity index (χ0n) is 6.57. The van der Waals surface area contributed by atoms with Crippen LogP contribution in [-0.2, 0) is 7.05 Å². The van der Waals surface area contributed by atoms with Gasteiger partial charge in [-0.2, -0.15) is 0 Å². The lowest BCUT2D eigenvalue weighted by Crippen LogP contribution is -1.90. The molecule has 0 atom stereocenters. The molecular weight excluding hydrogens is 126 g/mol. The second-order valence-corrected chi connectivity index (χ2v) is 2.18. The maximum Gasteiger partial charge on any atom is 0.116 e. The van der Waals surface area contributed by atoms with Crippen molar-refractivity contribution >= 4 is 0 Å². The molecule has 0 saturated heterocycles. The van der Waals surface area contributed by atoms with Gasteiger partial charge >= 0.3 is 0 Å². The van der Waals surface area contributed by atoms with Gasteiger partial charge in [-0.15, -0.1) is 0 Å². The van der Waals surface area contributed by atoms with Gasteiger partial charge in [0.05, 0.1) is 7.06 Å². The molecule has 0 saturated carbocycles. The monoisotopic (exact) mass is 134 g/mol. The van der Waals surface area contributed by atoms with Crippen molar-refractivity contribution in [2.45, 2.75) is 0 Å². The van der Waals surface area contributed by atoms with E-state index in [4.69, 9.17) is 1.37 Å². The molecule has 50 valence electrons. The Labute approximate surface area is 60.1 Å². The zero-order valence-corrected chi connectivity index (χ0v) is 5.57. The Hall–Kier alpha value is -1.38. The zero-order chi connectivity index (χ0) is 7.84. The minimum Gasteiger partial charge on any atom is -0.355 e. The van der Waals surface area contributed by atoms with Gasteiger partial charge in [-0.3, -0.25) is 0 Å². The van der Waals surface area contributed by atoms with Gasteiger partial charge in [0.25, 0.3) is 0 Å². The molecule has 0 fully saturated rings. The number of imidazole rings is 1. The smallest absolute Gasteiger partial charge is 0.116 e. The highest BCUT2D eigenvalue weighted by atomic mass is 15.0. The summed E-state index contributed by atoms with van der Waals surface area (Å²) < 4.78 is 9.30. The topological polar surface area (TPSA) is 30.7 Å². The number of aromatic nitrogens is 3. The van der Waals surface area contributed by atoms with Crippen molar-refractivity contribution in [3.63, 3.8) is 0 Å². The van der Waals surface area contributed by atoms with Crippen LogP contribution in [0.15, 0.2) is 24.8 Å². The SMILES string of the molecule is [2H]c1cn(C)cc2ncnc1-2. The molecular formula is C7H7N3. The van der Waals surface area contributed by atoms with E-state index < -0.39 is 0 Å². The quantitative estimate of drug-likeness (QED) is 0.536. The van der Waals surface area contributed by atoms with Crippen LogP contribution >= 0.6 is 0 Å². The second-order valence-electron chi connectivity index (χ2n) is 2.18. The van der Waals surface area contributed by atoms with Crippen molar-refractivity contribution in [2.75, 3.05) is 0 Å². The fourth-order valence-electron chi connectivity index (χ4n) is 0.875. The summed E-state index contributed by atoms with van der Waals surface area (Å²) in [6.07, 6.45) is 5.03. The maximum absolute atomic E-state index is 7.50. The first-order valence-corrected chi connectivity index (χ1v) is 3.00. The van der Waals surface area contributed by atoms with Gasteiger partial charge in [-0.05, 0) is 6.04 Å². The van der Waals surface area contributed by atoms with Crippen LogP contribution in [0.25, 0.3) is 11.4 Å². The van der Waals surface area contributed by atoms with Crippen LogP contribution in [-0.4, -0.2) is 14.5 Å². The number of hydrogen-bond donors (Lipinski definition) is 0. The molecule has 0 N–H and O–H groups in total. The number of pyridine rings is 1. The van der Waals surface area contributed by atoms with E-state index in [9.17, 15) is 0 Å². The third-order valence-electron chi connectivity index (χ3n) is 1.36. The second kappa shape index (κ2) is 1.80. The highest BCUT2D eigenvalue weighted by Gasteiger charge is 2.01. The molecule has 0 spiro atoms. The van der Waals surface area contributed by atoms with Crippen molar-refractivity contribution in [2.24, 2.45) is 7.05 Å². The van der Waals surface area contributed by atoms with E-state index in [1.165, 1.54) is 6.33 Å². The average molecular weight is 134 g/mol. The number of hydrogen-bond acceptors (Lipinski definition) is 2. The van der Waals surface area contributed by atoms with Gasteiger partial charge in [0, 0.05) is 19.4 Å². The largest absolute Gasteiger partial charge is 0.355 e. The summed E-state index contributed by atoms with van der Waals surface area (Å²) in [6.45, 7) is 0. The van der Waals surface area contributed by atoms with Gasteiger partial charge in [-0.25, -0.2) is 9.97 Å². The Morgan fingerprint density at radius 2 is 2.30 bits per heavy atom. The van der Waals surface area contributed by atoms with E-state index in [0.717, 1.165) is 5.69 Å². The summed E-state index contributed by atoms with van der Waals surface area (Å²) in [6, 6.07) is 0.419. The third-order valence-corrected chi connectivity index (χ3v) is 1.36. The lowest BCUT2D eigenvalue weighted by atomic mass is 10.3. The van der Waals surface area contributed by atoms with Gasteiger partial charge in [0.1, 0.15) is 12.0 Å². The van der Waals surface area contributed by atoms with Crippen molar-refractivity contribution in [1.82, 2.24) is 14.5 Å². The van der Waals surface area contributed by atoms with Crippen LogP contribution in [0.5, 0.6) is 0 Å². The molecule has 0 aromatic heterocycles. The van der Waals surface area contributed by atoms with E-state index in [1.54, 1.807) is 10.8 Å². The summed E-state index contributed by atoms with van der Waals surface area (Å²) in [4.78, 5) is 7.94. The first-order valence-electron chi connectivity index (χ1n) is 3.50. The molecule has 0 aliphatic carbocycles. The molecule has 0 aromatic rings. The summed E-state index contributed by atoms with van der Waals surface area (Å²) >= 11 is 0. The Kier molecular flexibility index (Phi) is 0.799. The average Bonchev–Trinajstić information content (AvgIpc) is 2.34. The van der Waals surface area contributed by atoms with E-state index in [-0.39, 0.29) is 0 Å². The molecule has 10 heavy (non-hydrogen) atoms. The van der Waals surface area contributed by atoms with Crippen LogP contribution in [0.3, 0.4) is 0 Å². The summed E-state index contributed by atoms with van der Waals surface area (Å²) in [7, 11) is 1.87. The molecule has 2 aliphatic heterocycles. The van der Waals surface area contributed by atoms with E-state index in [2.05, 4.69) is 9.97 Å². The first kappa shape index (κ1) is 4.44. The van der Waals surface area contributed by atoms with Crippen LogP contribution in [0, 0.1) is 0 Å². The lowest BCUT2D eigenvalue weighted by Gasteiger charge is -1.98. The fraction of sp³-hybridized carbons (Fsp3) is 0.143. The van der Waals surface area contributed by atoms with Crippen LogP contribution < -0.4 is 0 Å².